The highest BCUT2D eigenvalue weighted by Crippen LogP contribution is 2.37. The van der Waals surface area contributed by atoms with E-state index in [1.807, 2.05) is 6.07 Å². The van der Waals surface area contributed by atoms with Gasteiger partial charge in [0.15, 0.2) is 0 Å². The van der Waals surface area contributed by atoms with Gasteiger partial charge < -0.3 is 19.0 Å². The van der Waals surface area contributed by atoms with E-state index in [-0.39, 0.29) is 29.2 Å². The number of rotatable bonds is 6. The number of H-pyrrole nitrogens is 1. The lowest BCUT2D eigenvalue weighted by atomic mass is 10.2. The Labute approximate surface area is 145 Å². The van der Waals surface area contributed by atoms with Gasteiger partial charge in [0.1, 0.15) is 17.3 Å². The first kappa shape index (κ1) is 16.1. The maximum absolute atomic E-state index is 13.0. The van der Waals surface area contributed by atoms with Crippen LogP contribution >= 0.6 is 0 Å². The van der Waals surface area contributed by atoms with Crippen LogP contribution in [-0.2, 0) is 11.3 Å². The van der Waals surface area contributed by atoms with E-state index in [1.165, 1.54) is 6.07 Å². The molecular weight excluding hydrogens is 322 g/mol. The summed E-state index contributed by atoms with van der Waals surface area (Å²) in [5.41, 5.74) is -0.0921. The van der Waals surface area contributed by atoms with Gasteiger partial charge in [0, 0.05) is 25.1 Å². The minimum atomic E-state index is -0.282. The topological polar surface area (TPSA) is 88.4 Å². The van der Waals surface area contributed by atoms with Crippen LogP contribution in [0.25, 0.3) is 0 Å². The van der Waals surface area contributed by atoms with E-state index in [2.05, 4.69) is 9.97 Å². The molecule has 1 aliphatic carbocycles. The molecule has 1 unspecified atom stereocenters. The van der Waals surface area contributed by atoms with Gasteiger partial charge in [-0.1, -0.05) is 0 Å². The molecule has 7 heteroatoms. The largest absolute Gasteiger partial charge is 0.467 e. The fraction of sp³-hybridized carbons (Fsp3) is 0.500. The maximum atomic E-state index is 13.0. The van der Waals surface area contributed by atoms with Crippen molar-refractivity contribution < 1.29 is 13.9 Å². The Balaban J connectivity index is 1.58. The molecule has 1 saturated carbocycles. The van der Waals surface area contributed by atoms with Crippen LogP contribution in [0.1, 0.15) is 53.7 Å². The Bertz CT molecular complexity index is 789. The van der Waals surface area contributed by atoms with Gasteiger partial charge in [0.2, 0.25) is 0 Å². The third kappa shape index (κ3) is 3.82. The Hall–Kier alpha value is -2.41. The second-order valence-corrected chi connectivity index (χ2v) is 6.69. The van der Waals surface area contributed by atoms with E-state index in [9.17, 15) is 9.59 Å². The van der Waals surface area contributed by atoms with Crippen molar-refractivity contribution in [3.05, 3.63) is 52.1 Å². The van der Waals surface area contributed by atoms with Crippen molar-refractivity contribution in [3.8, 4) is 0 Å². The van der Waals surface area contributed by atoms with Crippen LogP contribution in [0, 0.1) is 0 Å². The summed E-state index contributed by atoms with van der Waals surface area (Å²) in [6.07, 6.45) is 5.55. The highest BCUT2D eigenvalue weighted by Gasteiger charge is 2.29. The lowest BCUT2D eigenvalue weighted by Crippen LogP contribution is -2.38. The second kappa shape index (κ2) is 6.84. The summed E-state index contributed by atoms with van der Waals surface area (Å²) >= 11 is 0. The van der Waals surface area contributed by atoms with Gasteiger partial charge in [-0.25, -0.2) is 4.98 Å². The highest BCUT2D eigenvalue weighted by molar-refractivity contribution is 5.92. The molecular formula is C18H21N3O4. The van der Waals surface area contributed by atoms with E-state index >= 15 is 0 Å². The molecule has 2 fully saturated rings. The molecule has 1 saturated heterocycles. The maximum Gasteiger partial charge on any atom is 0.273 e. The lowest BCUT2D eigenvalue weighted by Gasteiger charge is -2.24. The van der Waals surface area contributed by atoms with Gasteiger partial charge in [-0.3, -0.25) is 9.59 Å². The van der Waals surface area contributed by atoms with Gasteiger partial charge in [0.25, 0.3) is 11.5 Å². The Kier molecular flexibility index (Phi) is 4.40. The Morgan fingerprint density at radius 2 is 2.24 bits per heavy atom. The minimum Gasteiger partial charge on any atom is -0.467 e. The Morgan fingerprint density at radius 1 is 1.36 bits per heavy atom. The molecule has 0 bridgehead atoms. The number of furan rings is 1. The summed E-state index contributed by atoms with van der Waals surface area (Å²) in [7, 11) is 0. The second-order valence-electron chi connectivity index (χ2n) is 6.69. The van der Waals surface area contributed by atoms with Crippen molar-refractivity contribution in [2.24, 2.45) is 0 Å². The fourth-order valence-corrected chi connectivity index (χ4v) is 3.14. The molecule has 4 rings (SSSR count). The zero-order valence-electron chi connectivity index (χ0n) is 13.9. The number of aromatic amines is 1. The summed E-state index contributed by atoms with van der Waals surface area (Å²) in [4.78, 5) is 33.7. The molecule has 1 amide bonds. The van der Waals surface area contributed by atoms with Crippen LogP contribution < -0.4 is 5.56 Å². The Morgan fingerprint density at radius 3 is 2.92 bits per heavy atom. The first-order valence-corrected chi connectivity index (χ1v) is 8.73. The smallest absolute Gasteiger partial charge is 0.273 e. The number of nitrogens with zero attached hydrogens (tertiary/aromatic N) is 2. The van der Waals surface area contributed by atoms with E-state index in [0.29, 0.717) is 24.7 Å². The first-order chi connectivity index (χ1) is 12.2. The van der Waals surface area contributed by atoms with Crippen LogP contribution in [-0.4, -0.2) is 40.0 Å². The van der Waals surface area contributed by atoms with Gasteiger partial charge in [-0.05, 0) is 37.8 Å². The van der Waals surface area contributed by atoms with E-state index in [4.69, 9.17) is 9.15 Å². The molecule has 0 aromatic carbocycles. The van der Waals surface area contributed by atoms with Crippen molar-refractivity contribution in [1.29, 1.82) is 0 Å². The standard InChI is InChI=1S/C18H21N3O4/c22-16-9-15(19-17(20-16)12-5-6-12)18(23)21(10-13-3-1-7-24-13)11-14-4-2-8-25-14/h1,3,7,9,12,14H,2,4-6,8,10-11H2,(H,19,20,22). The fourth-order valence-electron chi connectivity index (χ4n) is 3.14. The van der Waals surface area contributed by atoms with Crippen molar-refractivity contribution in [2.75, 3.05) is 13.2 Å². The van der Waals surface area contributed by atoms with Crippen molar-refractivity contribution in [2.45, 2.75) is 44.2 Å². The van der Waals surface area contributed by atoms with Crippen LogP contribution in [0.3, 0.4) is 0 Å². The third-order valence-corrected chi connectivity index (χ3v) is 4.61. The number of carbonyl (C=O) groups excluding carboxylic acids is 1. The summed E-state index contributed by atoms with van der Waals surface area (Å²) < 4.78 is 11.1. The molecule has 1 N–H and O–H groups in total. The van der Waals surface area contributed by atoms with Crippen LogP contribution in [0.2, 0.25) is 0 Å². The molecule has 0 radical (unpaired) electrons. The highest BCUT2D eigenvalue weighted by atomic mass is 16.5. The van der Waals surface area contributed by atoms with Crippen molar-refractivity contribution in [1.82, 2.24) is 14.9 Å². The molecule has 7 nitrogen and oxygen atoms in total. The summed E-state index contributed by atoms with van der Waals surface area (Å²) in [5, 5.41) is 0. The van der Waals surface area contributed by atoms with Crippen LogP contribution in [0.4, 0.5) is 0 Å². The third-order valence-electron chi connectivity index (χ3n) is 4.61. The van der Waals surface area contributed by atoms with E-state index in [1.54, 1.807) is 17.2 Å². The summed E-state index contributed by atoms with van der Waals surface area (Å²) in [6, 6.07) is 4.90. The number of carbonyl (C=O) groups is 1. The number of nitrogens with one attached hydrogen (secondary N) is 1. The first-order valence-electron chi connectivity index (χ1n) is 8.73. The van der Waals surface area contributed by atoms with Crippen LogP contribution in [0.15, 0.2) is 33.7 Å². The average Bonchev–Trinajstić information content (AvgIpc) is 3.09. The van der Waals surface area contributed by atoms with E-state index < -0.39 is 0 Å². The molecule has 0 spiro atoms. The van der Waals surface area contributed by atoms with Gasteiger partial charge in [0.05, 0.1) is 18.9 Å². The van der Waals surface area contributed by atoms with Crippen molar-refractivity contribution in [3.63, 3.8) is 0 Å². The molecule has 1 aliphatic heterocycles. The van der Waals surface area contributed by atoms with Gasteiger partial charge >= 0.3 is 0 Å². The lowest BCUT2D eigenvalue weighted by molar-refractivity contribution is 0.0486. The SMILES string of the molecule is O=C(c1cc(=O)[nH]c(C2CC2)n1)N(Cc1ccco1)CC1CCCO1. The minimum absolute atomic E-state index is 0.0174. The monoisotopic (exact) mass is 343 g/mol. The predicted molar refractivity (Wildman–Crippen MR) is 89.3 cm³/mol. The molecule has 2 aliphatic rings. The summed E-state index contributed by atoms with van der Waals surface area (Å²) in [6.45, 7) is 1.52. The quantitative estimate of drug-likeness (QED) is 0.867. The van der Waals surface area contributed by atoms with Gasteiger partial charge in [-0.15, -0.1) is 0 Å². The normalized spacial score (nSPS) is 19.9. The average molecular weight is 343 g/mol. The van der Waals surface area contributed by atoms with E-state index in [0.717, 1.165) is 32.3 Å². The summed E-state index contributed by atoms with van der Waals surface area (Å²) in [5.74, 6) is 1.32. The number of hydrogen-bond acceptors (Lipinski definition) is 5. The zero-order chi connectivity index (χ0) is 17.2. The number of aromatic nitrogens is 2. The number of ether oxygens (including phenoxy) is 1. The molecule has 2 aromatic rings. The zero-order valence-corrected chi connectivity index (χ0v) is 13.9. The molecule has 25 heavy (non-hydrogen) atoms. The molecule has 1 atom stereocenters. The number of hydrogen-bond donors (Lipinski definition) is 1. The molecule has 3 heterocycles. The molecule has 2 aromatic heterocycles. The van der Waals surface area contributed by atoms with Crippen molar-refractivity contribution >= 4 is 5.91 Å². The van der Waals surface area contributed by atoms with Gasteiger partial charge in [-0.2, -0.15) is 0 Å². The number of amides is 1. The van der Waals surface area contributed by atoms with Crippen LogP contribution in [0.5, 0.6) is 0 Å². The molecule has 132 valence electrons. The predicted octanol–water partition coefficient (Wildman–Crippen LogP) is 2.06.